The molecule has 17 heavy (non-hydrogen) atoms. The lowest BCUT2D eigenvalue weighted by Crippen LogP contribution is -2.14. The molecule has 3 heteroatoms. The van der Waals surface area contributed by atoms with Gasteiger partial charge in [0.15, 0.2) is 0 Å². The smallest absolute Gasteiger partial charge is 0.0624 e. The second-order valence-electron chi connectivity index (χ2n) is 3.92. The van der Waals surface area contributed by atoms with E-state index in [9.17, 15) is 0 Å². The zero-order chi connectivity index (χ0) is 12.3. The molecule has 0 saturated carbocycles. The Morgan fingerprint density at radius 2 is 1.76 bits per heavy atom. The highest BCUT2D eigenvalue weighted by Crippen LogP contribution is 2.23. The average molecular weight is 248 g/mol. The molecule has 3 N–H and O–H groups in total. The first kappa shape index (κ1) is 12.1. The van der Waals surface area contributed by atoms with Crippen molar-refractivity contribution in [1.82, 2.24) is 0 Å². The Morgan fingerprint density at radius 1 is 1.06 bits per heavy atom. The van der Waals surface area contributed by atoms with E-state index < -0.39 is 0 Å². The molecule has 2 aromatic carbocycles. The molecule has 2 nitrogen and oxygen atoms in total. The summed E-state index contributed by atoms with van der Waals surface area (Å²) in [5.41, 5.74) is 8.88. The Hall–Kier alpha value is -1.35. The lowest BCUT2D eigenvalue weighted by molar-refractivity contribution is 0.268. The topological polar surface area (TPSA) is 46.2 Å². The molecule has 0 aliphatic carbocycles. The van der Waals surface area contributed by atoms with Crippen molar-refractivity contribution >= 4 is 11.6 Å². The van der Waals surface area contributed by atoms with Gasteiger partial charge in [0.2, 0.25) is 0 Å². The van der Waals surface area contributed by atoms with Gasteiger partial charge in [0.05, 0.1) is 12.6 Å². The number of halogens is 1. The first-order valence-corrected chi connectivity index (χ1v) is 5.81. The van der Waals surface area contributed by atoms with Gasteiger partial charge in [0.1, 0.15) is 0 Å². The second-order valence-corrected chi connectivity index (χ2v) is 4.36. The predicted molar refractivity (Wildman–Crippen MR) is 70.9 cm³/mol. The number of hydrogen-bond acceptors (Lipinski definition) is 2. The van der Waals surface area contributed by atoms with Gasteiger partial charge in [-0.2, -0.15) is 0 Å². The lowest BCUT2D eigenvalue weighted by Gasteiger charge is -2.10. The van der Waals surface area contributed by atoms with Crippen LogP contribution in [0.25, 0.3) is 11.1 Å². The Labute approximate surface area is 106 Å². The maximum absolute atomic E-state index is 9.04. The van der Waals surface area contributed by atoms with E-state index in [1.807, 2.05) is 48.5 Å². The van der Waals surface area contributed by atoms with Crippen LogP contribution in [0.5, 0.6) is 0 Å². The maximum Gasteiger partial charge on any atom is 0.0624 e. The minimum atomic E-state index is -0.331. The molecule has 0 bridgehead atoms. The Balaban J connectivity index is 2.36. The fourth-order valence-corrected chi connectivity index (χ4v) is 1.82. The molecule has 0 radical (unpaired) electrons. The third-order valence-electron chi connectivity index (χ3n) is 2.69. The largest absolute Gasteiger partial charge is 0.394 e. The van der Waals surface area contributed by atoms with Crippen LogP contribution in [0, 0.1) is 0 Å². The van der Waals surface area contributed by atoms with E-state index in [4.69, 9.17) is 22.4 Å². The third-order valence-corrected chi connectivity index (χ3v) is 2.94. The Bertz CT molecular complexity index is 496. The maximum atomic E-state index is 9.04. The van der Waals surface area contributed by atoms with Crippen molar-refractivity contribution in [2.45, 2.75) is 6.04 Å². The third kappa shape index (κ3) is 2.86. The molecule has 0 aromatic heterocycles. The number of aliphatic hydroxyl groups is 1. The number of rotatable bonds is 3. The first-order valence-electron chi connectivity index (χ1n) is 5.43. The van der Waals surface area contributed by atoms with Crippen molar-refractivity contribution in [1.29, 1.82) is 0 Å². The molecule has 0 spiro atoms. The van der Waals surface area contributed by atoms with Crippen molar-refractivity contribution < 1.29 is 5.11 Å². The van der Waals surface area contributed by atoms with Gasteiger partial charge >= 0.3 is 0 Å². The predicted octanol–water partition coefficient (Wildman–Crippen LogP) is 3.00. The summed E-state index contributed by atoms with van der Waals surface area (Å²) in [4.78, 5) is 0. The van der Waals surface area contributed by atoms with Crippen LogP contribution in [0.1, 0.15) is 11.6 Å². The number of aliphatic hydroxyl groups excluding tert-OH is 1. The highest BCUT2D eigenvalue weighted by Gasteiger charge is 2.05. The van der Waals surface area contributed by atoms with Crippen molar-refractivity contribution in [2.75, 3.05) is 6.61 Å². The average Bonchev–Trinajstić information content (AvgIpc) is 2.39. The summed E-state index contributed by atoms with van der Waals surface area (Å²) in [5.74, 6) is 0. The molecule has 2 rings (SSSR count). The van der Waals surface area contributed by atoms with Gasteiger partial charge in [-0.15, -0.1) is 0 Å². The molecule has 0 saturated heterocycles. The number of hydrogen-bond donors (Lipinski definition) is 2. The highest BCUT2D eigenvalue weighted by atomic mass is 35.5. The second kappa shape index (κ2) is 5.32. The molecule has 0 aliphatic heterocycles. The van der Waals surface area contributed by atoms with E-state index in [1.165, 1.54) is 0 Å². The Kier molecular flexibility index (Phi) is 3.79. The zero-order valence-corrected chi connectivity index (χ0v) is 10.1. The van der Waals surface area contributed by atoms with E-state index in [2.05, 4.69) is 0 Å². The Morgan fingerprint density at radius 3 is 2.41 bits per heavy atom. The quantitative estimate of drug-likeness (QED) is 0.876. The summed E-state index contributed by atoms with van der Waals surface area (Å²) in [6.45, 7) is -0.0515. The SMILES string of the molecule is N[C@H](CO)c1cccc(-c2ccc(Cl)cc2)c1. The summed E-state index contributed by atoms with van der Waals surface area (Å²) in [5, 5.41) is 9.76. The summed E-state index contributed by atoms with van der Waals surface area (Å²) >= 11 is 5.85. The van der Waals surface area contributed by atoms with Gasteiger partial charge in [0.25, 0.3) is 0 Å². The summed E-state index contributed by atoms with van der Waals surface area (Å²) in [6, 6.07) is 15.2. The highest BCUT2D eigenvalue weighted by molar-refractivity contribution is 6.30. The number of nitrogens with two attached hydrogens (primary N) is 1. The van der Waals surface area contributed by atoms with Crippen LogP contribution in [0.15, 0.2) is 48.5 Å². The number of benzene rings is 2. The van der Waals surface area contributed by atoms with Crippen LogP contribution in [0.3, 0.4) is 0 Å². The minimum absolute atomic E-state index is 0.0515. The monoisotopic (exact) mass is 247 g/mol. The lowest BCUT2D eigenvalue weighted by atomic mass is 10.0. The van der Waals surface area contributed by atoms with Crippen molar-refractivity contribution in [3.8, 4) is 11.1 Å². The van der Waals surface area contributed by atoms with Crippen molar-refractivity contribution in [2.24, 2.45) is 5.73 Å². The van der Waals surface area contributed by atoms with Crippen LogP contribution >= 0.6 is 11.6 Å². The van der Waals surface area contributed by atoms with Crippen LogP contribution < -0.4 is 5.73 Å². The molecular weight excluding hydrogens is 234 g/mol. The van der Waals surface area contributed by atoms with E-state index in [-0.39, 0.29) is 12.6 Å². The minimum Gasteiger partial charge on any atom is -0.394 e. The van der Waals surface area contributed by atoms with E-state index >= 15 is 0 Å². The molecule has 88 valence electrons. The normalized spacial score (nSPS) is 12.4. The van der Waals surface area contributed by atoms with Gasteiger partial charge in [-0.3, -0.25) is 0 Å². The van der Waals surface area contributed by atoms with Gasteiger partial charge in [0, 0.05) is 5.02 Å². The first-order chi connectivity index (χ1) is 8.20. The zero-order valence-electron chi connectivity index (χ0n) is 9.31. The fraction of sp³-hybridized carbons (Fsp3) is 0.143. The molecule has 1 atom stereocenters. The molecule has 0 unspecified atom stereocenters. The van der Waals surface area contributed by atoms with E-state index in [0.29, 0.717) is 0 Å². The van der Waals surface area contributed by atoms with Gasteiger partial charge in [-0.1, -0.05) is 41.9 Å². The van der Waals surface area contributed by atoms with Crippen molar-refractivity contribution in [3.63, 3.8) is 0 Å². The van der Waals surface area contributed by atoms with E-state index in [0.717, 1.165) is 21.7 Å². The molecule has 0 amide bonds. The van der Waals surface area contributed by atoms with Crippen LogP contribution in [-0.4, -0.2) is 11.7 Å². The standard InChI is InChI=1S/C14H14ClNO/c15-13-6-4-10(5-7-13)11-2-1-3-12(8-11)14(16)9-17/h1-8,14,17H,9,16H2/t14-/m1/s1. The van der Waals surface area contributed by atoms with Crippen LogP contribution in [-0.2, 0) is 0 Å². The fourth-order valence-electron chi connectivity index (χ4n) is 1.70. The van der Waals surface area contributed by atoms with Gasteiger partial charge < -0.3 is 10.8 Å². The molecule has 0 aliphatic rings. The summed E-state index contributed by atoms with van der Waals surface area (Å²) in [7, 11) is 0. The molecule has 2 aromatic rings. The van der Waals surface area contributed by atoms with Crippen LogP contribution in [0.2, 0.25) is 5.02 Å². The molecular formula is C14H14ClNO. The van der Waals surface area contributed by atoms with E-state index in [1.54, 1.807) is 0 Å². The van der Waals surface area contributed by atoms with Gasteiger partial charge in [-0.25, -0.2) is 0 Å². The van der Waals surface area contributed by atoms with Crippen LogP contribution in [0.4, 0.5) is 0 Å². The summed E-state index contributed by atoms with van der Waals surface area (Å²) in [6.07, 6.45) is 0. The molecule has 0 heterocycles. The summed E-state index contributed by atoms with van der Waals surface area (Å²) < 4.78 is 0. The molecule has 0 fully saturated rings. The van der Waals surface area contributed by atoms with Crippen molar-refractivity contribution in [3.05, 3.63) is 59.1 Å². The van der Waals surface area contributed by atoms with Gasteiger partial charge in [-0.05, 0) is 34.9 Å².